The van der Waals surface area contributed by atoms with Gasteiger partial charge >= 0.3 is 5.97 Å². The summed E-state index contributed by atoms with van der Waals surface area (Å²) in [6, 6.07) is 3.78. The SMILES string of the molecule is Cc1ccc(Br)c2c(C)c(C(=O)O)oc12. The lowest BCUT2D eigenvalue weighted by atomic mass is 10.1. The van der Waals surface area contributed by atoms with E-state index in [0.29, 0.717) is 11.1 Å². The molecule has 0 atom stereocenters. The molecule has 1 N–H and O–H groups in total. The third-order valence-corrected chi connectivity index (χ3v) is 3.08. The van der Waals surface area contributed by atoms with E-state index in [1.807, 2.05) is 19.1 Å². The summed E-state index contributed by atoms with van der Waals surface area (Å²) in [5.41, 5.74) is 2.23. The number of hydrogen-bond donors (Lipinski definition) is 1. The van der Waals surface area contributed by atoms with E-state index in [9.17, 15) is 4.79 Å². The first kappa shape index (κ1) is 10.2. The first-order chi connectivity index (χ1) is 7.02. The summed E-state index contributed by atoms with van der Waals surface area (Å²) in [4.78, 5) is 10.9. The Labute approximate surface area is 94.8 Å². The summed E-state index contributed by atoms with van der Waals surface area (Å²) in [5, 5.41) is 9.78. The van der Waals surface area contributed by atoms with Crippen molar-refractivity contribution in [2.45, 2.75) is 13.8 Å². The van der Waals surface area contributed by atoms with Crippen LogP contribution in [0.2, 0.25) is 0 Å². The van der Waals surface area contributed by atoms with Gasteiger partial charge in [-0.1, -0.05) is 22.0 Å². The Kier molecular flexibility index (Phi) is 2.31. The van der Waals surface area contributed by atoms with Crippen LogP contribution in [0.1, 0.15) is 21.7 Å². The third kappa shape index (κ3) is 1.45. The van der Waals surface area contributed by atoms with E-state index in [1.165, 1.54) is 0 Å². The minimum atomic E-state index is -1.03. The standard InChI is InChI=1S/C11H9BrO3/c1-5-3-4-7(12)8-6(2)10(11(13)14)15-9(5)8/h3-4H,1-2H3,(H,13,14). The molecule has 1 heterocycles. The van der Waals surface area contributed by atoms with Crippen molar-refractivity contribution in [3.8, 4) is 0 Å². The molecule has 2 aromatic rings. The van der Waals surface area contributed by atoms with Gasteiger partial charge in [0.15, 0.2) is 0 Å². The second-order valence-electron chi connectivity index (χ2n) is 3.43. The second-order valence-corrected chi connectivity index (χ2v) is 4.28. The fourth-order valence-electron chi connectivity index (χ4n) is 1.64. The Bertz CT molecular complexity index is 554. The van der Waals surface area contributed by atoms with Crippen LogP contribution >= 0.6 is 15.9 Å². The third-order valence-electron chi connectivity index (χ3n) is 2.42. The molecule has 0 bridgehead atoms. The van der Waals surface area contributed by atoms with Crippen LogP contribution in [0.4, 0.5) is 0 Å². The van der Waals surface area contributed by atoms with E-state index >= 15 is 0 Å². The summed E-state index contributed by atoms with van der Waals surface area (Å²) in [6.07, 6.45) is 0. The molecule has 0 radical (unpaired) electrons. The van der Waals surface area contributed by atoms with Crippen LogP contribution in [0.25, 0.3) is 11.0 Å². The molecule has 0 aliphatic heterocycles. The van der Waals surface area contributed by atoms with E-state index in [-0.39, 0.29) is 5.76 Å². The first-order valence-electron chi connectivity index (χ1n) is 4.44. The Hall–Kier alpha value is -1.29. The maximum absolute atomic E-state index is 10.9. The summed E-state index contributed by atoms with van der Waals surface area (Å²) in [7, 11) is 0. The van der Waals surface area contributed by atoms with Crippen molar-refractivity contribution in [3.05, 3.63) is 33.5 Å². The van der Waals surface area contributed by atoms with Crippen molar-refractivity contribution in [3.63, 3.8) is 0 Å². The van der Waals surface area contributed by atoms with E-state index in [0.717, 1.165) is 15.4 Å². The molecular formula is C11H9BrO3. The highest BCUT2D eigenvalue weighted by molar-refractivity contribution is 9.10. The van der Waals surface area contributed by atoms with Crippen LogP contribution in [0, 0.1) is 13.8 Å². The molecule has 15 heavy (non-hydrogen) atoms. The van der Waals surface area contributed by atoms with Crippen LogP contribution in [0.3, 0.4) is 0 Å². The molecule has 1 aromatic carbocycles. The van der Waals surface area contributed by atoms with Gasteiger partial charge in [0, 0.05) is 15.4 Å². The summed E-state index contributed by atoms with van der Waals surface area (Å²) < 4.78 is 6.20. The average Bonchev–Trinajstić information content (AvgIpc) is 2.51. The number of carboxylic acids is 1. The number of aromatic carboxylic acids is 1. The molecule has 4 heteroatoms. The van der Waals surface area contributed by atoms with Gasteiger partial charge in [0.25, 0.3) is 0 Å². The highest BCUT2D eigenvalue weighted by Crippen LogP contribution is 2.33. The van der Waals surface area contributed by atoms with Gasteiger partial charge < -0.3 is 9.52 Å². The lowest BCUT2D eigenvalue weighted by Gasteiger charge is -1.96. The molecule has 0 aliphatic rings. The van der Waals surface area contributed by atoms with Crippen molar-refractivity contribution in [2.75, 3.05) is 0 Å². The highest BCUT2D eigenvalue weighted by Gasteiger charge is 2.19. The van der Waals surface area contributed by atoms with Gasteiger partial charge in [-0.3, -0.25) is 0 Å². The summed E-state index contributed by atoms with van der Waals surface area (Å²) in [5.74, 6) is -1.02. The molecule has 0 fully saturated rings. The maximum atomic E-state index is 10.9. The van der Waals surface area contributed by atoms with E-state index in [4.69, 9.17) is 9.52 Å². The van der Waals surface area contributed by atoms with Crippen molar-refractivity contribution in [1.29, 1.82) is 0 Å². The molecule has 3 nitrogen and oxygen atoms in total. The van der Waals surface area contributed by atoms with Gasteiger partial charge in [-0.25, -0.2) is 4.79 Å². The Morgan fingerprint density at radius 1 is 1.40 bits per heavy atom. The quantitative estimate of drug-likeness (QED) is 0.861. The number of fused-ring (bicyclic) bond motifs is 1. The zero-order chi connectivity index (χ0) is 11.2. The molecule has 0 saturated carbocycles. The molecule has 0 saturated heterocycles. The van der Waals surface area contributed by atoms with Gasteiger partial charge in [0.05, 0.1) is 0 Å². The number of hydrogen-bond acceptors (Lipinski definition) is 2. The second kappa shape index (κ2) is 3.38. The Morgan fingerprint density at radius 3 is 2.60 bits per heavy atom. The van der Waals surface area contributed by atoms with Crippen LogP contribution in [-0.4, -0.2) is 11.1 Å². The van der Waals surface area contributed by atoms with Gasteiger partial charge in [-0.15, -0.1) is 0 Å². The Morgan fingerprint density at radius 2 is 2.07 bits per heavy atom. The predicted octanol–water partition coefficient (Wildman–Crippen LogP) is 3.51. The minimum absolute atomic E-state index is 0.0139. The summed E-state index contributed by atoms with van der Waals surface area (Å²) in [6.45, 7) is 3.64. The van der Waals surface area contributed by atoms with Crippen LogP contribution in [0.15, 0.2) is 21.0 Å². The number of rotatable bonds is 1. The number of benzene rings is 1. The number of halogens is 1. The van der Waals surface area contributed by atoms with Crippen LogP contribution < -0.4 is 0 Å². The number of aryl methyl sites for hydroxylation is 2. The zero-order valence-corrected chi connectivity index (χ0v) is 9.88. The van der Waals surface area contributed by atoms with E-state index in [1.54, 1.807) is 6.92 Å². The molecule has 0 aliphatic carbocycles. The van der Waals surface area contributed by atoms with Crippen molar-refractivity contribution >= 4 is 32.9 Å². The molecule has 78 valence electrons. The van der Waals surface area contributed by atoms with Crippen molar-refractivity contribution < 1.29 is 14.3 Å². The first-order valence-corrected chi connectivity index (χ1v) is 5.23. The monoisotopic (exact) mass is 268 g/mol. The predicted molar refractivity (Wildman–Crippen MR) is 60.3 cm³/mol. The number of furan rings is 1. The van der Waals surface area contributed by atoms with Gasteiger partial charge in [0.2, 0.25) is 5.76 Å². The van der Waals surface area contributed by atoms with E-state index < -0.39 is 5.97 Å². The van der Waals surface area contributed by atoms with E-state index in [2.05, 4.69) is 15.9 Å². The van der Waals surface area contributed by atoms with Crippen molar-refractivity contribution in [2.24, 2.45) is 0 Å². The average molecular weight is 269 g/mol. The molecule has 0 amide bonds. The fraction of sp³-hybridized carbons (Fsp3) is 0.182. The minimum Gasteiger partial charge on any atom is -0.475 e. The molecule has 1 aromatic heterocycles. The largest absolute Gasteiger partial charge is 0.475 e. The number of carboxylic acid groups (broad SMARTS) is 1. The molecule has 0 spiro atoms. The fourth-order valence-corrected chi connectivity index (χ4v) is 2.25. The molecule has 0 unspecified atom stereocenters. The lowest BCUT2D eigenvalue weighted by Crippen LogP contribution is -1.95. The highest BCUT2D eigenvalue weighted by atomic mass is 79.9. The lowest BCUT2D eigenvalue weighted by molar-refractivity contribution is 0.0664. The topological polar surface area (TPSA) is 50.4 Å². The normalized spacial score (nSPS) is 10.9. The Balaban J connectivity index is 2.93. The molecule has 2 rings (SSSR count). The smallest absolute Gasteiger partial charge is 0.372 e. The van der Waals surface area contributed by atoms with Crippen LogP contribution in [0.5, 0.6) is 0 Å². The number of carbonyl (C=O) groups is 1. The molecular weight excluding hydrogens is 260 g/mol. The maximum Gasteiger partial charge on any atom is 0.372 e. The van der Waals surface area contributed by atoms with Crippen LogP contribution in [-0.2, 0) is 0 Å². The summed E-state index contributed by atoms with van der Waals surface area (Å²) >= 11 is 3.39. The van der Waals surface area contributed by atoms with Gasteiger partial charge in [-0.05, 0) is 25.5 Å². The zero-order valence-electron chi connectivity index (χ0n) is 8.30. The van der Waals surface area contributed by atoms with Gasteiger partial charge in [-0.2, -0.15) is 0 Å². The van der Waals surface area contributed by atoms with Crippen molar-refractivity contribution in [1.82, 2.24) is 0 Å². The van der Waals surface area contributed by atoms with Gasteiger partial charge in [0.1, 0.15) is 5.58 Å².